The zero-order chi connectivity index (χ0) is 20.8. The molecule has 6 nitrogen and oxygen atoms in total. The molecular formula is C24H18N4O2S. The number of hydrazone groups is 1. The monoisotopic (exact) mass is 426 g/mol. The van der Waals surface area contributed by atoms with Crippen molar-refractivity contribution in [1.29, 1.82) is 0 Å². The van der Waals surface area contributed by atoms with Gasteiger partial charge in [0, 0.05) is 24.4 Å². The van der Waals surface area contributed by atoms with Gasteiger partial charge in [-0.25, -0.2) is 5.01 Å². The predicted octanol–water partition coefficient (Wildman–Crippen LogP) is 4.14. The van der Waals surface area contributed by atoms with Gasteiger partial charge >= 0.3 is 5.18 Å². The topological polar surface area (TPSA) is 66.8 Å². The Labute approximate surface area is 183 Å². The minimum atomic E-state index is -1.12. The average molecular weight is 427 g/mol. The first-order chi connectivity index (χ1) is 15.2. The van der Waals surface area contributed by atoms with E-state index in [1.807, 2.05) is 59.6 Å². The van der Waals surface area contributed by atoms with Gasteiger partial charge < -0.3 is 4.74 Å². The van der Waals surface area contributed by atoms with Crippen molar-refractivity contribution in [1.82, 2.24) is 15.3 Å². The molecule has 2 aromatic carbocycles. The first-order valence-electron chi connectivity index (χ1n) is 10.1. The number of hydrogen-bond donors (Lipinski definition) is 1. The van der Waals surface area contributed by atoms with Crippen LogP contribution < -0.4 is 10.1 Å². The molecule has 1 fully saturated rings. The predicted molar refractivity (Wildman–Crippen MR) is 120 cm³/mol. The van der Waals surface area contributed by atoms with Crippen molar-refractivity contribution in [2.75, 3.05) is 0 Å². The molecule has 3 aromatic rings. The van der Waals surface area contributed by atoms with Crippen molar-refractivity contribution >= 4 is 29.5 Å². The summed E-state index contributed by atoms with van der Waals surface area (Å²) in [6, 6.07) is 21.8. The quantitative estimate of drug-likeness (QED) is 0.624. The Morgan fingerprint density at radius 1 is 1.10 bits per heavy atom. The van der Waals surface area contributed by atoms with Crippen LogP contribution in [0.1, 0.15) is 29.2 Å². The van der Waals surface area contributed by atoms with E-state index in [4.69, 9.17) is 9.84 Å². The second-order valence-corrected chi connectivity index (χ2v) is 8.75. The molecule has 152 valence electrons. The molecule has 0 unspecified atom stereocenters. The van der Waals surface area contributed by atoms with Gasteiger partial charge in [-0.05, 0) is 41.1 Å². The van der Waals surface area contributed by atoms with E-state index in [-0.39, 0.29) is 11.9 Å². The molecule has 1 amide bonds. The summed E-state index contributed by atoms with van der Waals surface area (Å²) in [4.78, 5) is 17.6. The van der Waals surface area contributed by atoms with Crippen LogP contribution in [0.15, 0.2) is 89.1 Å². The van der Waals surface area contributed by atoms with Gasteiger partial charge in [0.1, 0.15) is 5.75 Å². The molecule has 0 aliphatic carbocycles. The van der Waals surface area contributed by atoms with Crippen molar-refractivity contribution in [2.45, 2.75) is 17.6 Å². The van der Waals surface area contributed by atoms with Crippen LogP contribution in [-0.4, -0.2) is 26.8 Å². The summed E-state index contributed by atoms with van der Waals surface area (Å²) < 4.78 is 6.41. The van der Waals surface area contributed by atoms with Crippen LogP contribution in [0.25, 0.3) is 6.08 Å². The number of nitrogens with zero attached hydrogens (tertiary/aromatic N) is 3. The van der Waals surface area contributed by atoms with Crippen LogP contribution in [0.4, 0.5) is 0 Å². The Balaban J connectivity index is 1.43. The Bertz CT molecular complexity index is 1230. The molecule has 7 heteroatoms. The maximum atomic E-state index is 12.9. The molecule has 1 saturated heterocycles. The van der Waals surface area contributed by atoms with Crippen LogP contribution >= 0.6 is 11.8 Å². The van der Waals surface area contributed by atoms with E-state index in [0.717, 1.165) is 34.6 Å². The number of pyridine rings is 1. The molecule has 0 radical (unpaired) electrons. The largest absolute Gasteiger partial charge is 0.439 e. The number of para-hydroxylation sites is 1. The third kappa shape index (κ3) is 3.00. The summed E-state index contributed by atoms with van der Waals surface area (Å²) in [6.07, 6.45) is 6.01. The van der Waals surface area contributed by atoms with E-state index in [1.165, 1.54) is 11.8 Å². The number of hydrogen-bond acceptors (Lipinski definition) is 6. The van der Waals surface area contributed by atoms with Crippen LogP contribution in [0.3, 0.4) is 0 Å². The number of nitrogens with one attached hydrogen (secondary N) is 1. The highest BCUT2D eigenvalue weighted by molar-refractivity contribution is 8.05. The van der Waals surface area contributed by atoms with Gasteiger partial charge in [0.2, 0.25) is 0 Å². The number of amides is 1. The van der Waals surface area contributed by atoms with E-state index in [0.29, 0.717) is 4.91 Å². The zero-order valence-corrected chi connectivity index (χ0v) is 17.3. The fourth-order valence-corrected chi connectivity index (χ4v) is 5.33. The van der Waals surface area contributed by atoms with E-state index in [1.54, 1.807) is 12.4 Å². The fraction of sp³-hybridized carbons (Fsp3) is 0.125. The second kappa shape index (κ2) is 6.99. The molecule has 3 aliphatic rings. The molecular weight excluding hydrogens is 408 g/mol. The molecule has 0 saturated carbocycles. The minimum Gasteiger partial charge on any atom is -0.439 e. The number of carbonyl (C=O) groups is 1. The summed E-state index contributed by atoms with van der Waals surface area (Å²) in [5, 5.41) is 8.78. The second-order valence-electron chi connectivity index (χ2n) is 7.55. The minimum absolute atomic E-state index is 0.0225. The van der Waals surface area contributed by atoms with Crippen LogP contribution in [0.5, 0.6) is 5.75 Å². The lowest BCUT2D eigenvalue weighted by Crippen LogP contribution is -2.58. The number of rotatable bonds is 2. The van der Waals surface area contributed by atoms with E-state index in [2.05, 4.69) is 28.5 Å². The maximum absolute atomic E-state index is 12.9. The Hall–Kier alpha value is -3.58. The zero-order valence-electron chi connectivity index (χ0n) is 16.4. The molecule has 2 atom stereocenters. The number of thioether (sulfide) groups is 1. The third-order valence-electron chi connectivity index (χ3n) is 5.57. The van der Waals surface area contributed by atoms with Crippen molar-refractivity contribution in [3.63, 3.8) is 0 Å². The van der Waals surface area contributed by atoms with Crippen molar-refractivity contribution < 1.29 is 9.53 Å². The van der Waals surface area contributed by atoms with Crippen molar-refractivity contribution in [3.8, 4) is 5.75 Å². The molecule has 31 heavy (non-hydrogen) atoms. The lowest BCUT2D eigenvalue weighted by Gasteiger charge is -2.43. The van der Waals surface area contributed by atoms with Gasteiger partial charge in [0.05, 0.1) is 16.7 Å². The van der Waals surface area contributed by atoms with Crippen LogP contribution in [0, 0.1) is 0 Å². The van der Waals surface area contributed by atoms with Gasteiger partial charge in [-0.15, -0.1) is 0 Å². The van der Waals surface area contributed by atoms with Gasteiger partial charge in [-0.2, -0.15) is 5.10 Å². The smallest absolute Gasteiger partial charge is 0.336 e. The lowest BCUT2D eigenvalue weighted by atomic mass is 9.97. The Kier molecular flexibility index (Phi) is 4.11. The van der Waals surface area contributed by atoms with E-state index < -0.39 is 5.18 Å². The number of ether oxygens (including phenoxy) is 1. The first kappa shape index (κ1) is 18.2. The number of fused-ring (bicyclic) bond motifs is 4. The highest BCUT2D eigenvalue weighted by Crippen LogP contribution is 2.53. The standard InChI is InChI=1S/C24H18N4O2S/c29-23-22(13-16-7-6-12-25-15-16)31-24(26-23)28-20(18-10-4-5-11-21(18)30-24)14-19(27-28)17-8-2-1-3-9-17/h1-13,15,20H,14H2,(H,26,29)/b22-13-/t20-,24-/m0/s1. The lowest BCUT2D eigenvalue weighted by molar-refractivity contribution is -0.127. The van der Waals surface area contributed by atoms with Gasteiger partial charge in [-0.3, -0.25) is 15.1 Å². The first-order valence-corrected chi connectivity index (χ1v) is 10.9. The summed E-state index contributed by atoms with van der Waals surface area (Å²) in [7, 11) is 0. The molecule has 3 aliphatic heterocycles. The van der Waals surface area contributed by atoms with E-state index >= 15 is 0 Å². The van der Waals surface area contributed by atoms with Gasteiger partial charge in [0.15, 0.2) is 0 Å². The number of carbonyl (C=O) groups excluding carboxylic acids is 1. The SMILES string of the molecule is O=C1N[C@]2(Oc3ccccc3[C@@H]3CC(c4ccccc4)=NN32)S/C1=C\c1cccnc1. The molecule has 1 N–H and O–H groups in total. The van der Waals surface area contributed by atoms with Crippen molar-refractivity contribution in [3.05, 3.63) is 101 Å². The maximum Gasteiger partial charge on any atom is 0.336 e. The van der Waals surface area contributed by atoms with Crippen molar-refractivity contribution in [2.24, 2.45) is 5.10 Å². The number of aromatic nitrogens is 1. The fourth-order valence-electron chi connectivity index (χ4n) is 4.16. The molecule has 4 heterocycles. The Morgan fingerprint density at radius 2 is 1.94 bits per heavy atom. The Morgan fingerprint density at radius 3 is 2.77 bits per heavy atom. The molecule has 1 aromatic heterocycles. The average Bonchev–Trinajstić information content (AvgIpc) is 3.39. The number of benzene rings is 2. The van der Waals surface area contributed by atoms with E-state index in [9.17, 15) is 4.79 Å². The third-order valence-corrected chi connectivity index (χ3v) is 6.74. The molecule has 6 rings (SSSR count). The molecule has 1 spiro atoms. The van der Waals surface area contributed by atoms with Crippen LogP contribution in [-0.2, 0) is 4.79 Å². The summed E-state index contributed by atoms with van der Waals surface area (Å²) in [5.41, 5.74) is 3.98. The molecule has 0 bridgehead atoms. The summed E-state index contributed by atoms with van der Waals surface area (Å²) in [5.74, 6) is 0.582. The van der Waals surface area contributed by atoms with Crippen LogP contribution in [0.2, 0.25) is 0 Å². The highest BCUT2D eigenvalue weighted by atomic mass is 32.2. The summed E-state index contributed by atoms with van der Waals surface area (Å²) >= 11 is 1.34. The summed E-state index contributed by atoms with van der Waals surface area (Å²) in [6.45, 7) is 0. The van der Waals surface area contributed by atoms with Gasteiger partial charge in [-0.1, -0.05) is 54.6 Å². The highest BCUT2D eigenvalue weighted by Gasteiger charge is 2.57. The normalized spacial score (nSPS) is 25.1. The van der Waals surface area contributed by atoms with Gasteiger partial charge in [0.25, 0.3) is 5.91 Å².